The molecular weight excluding hydrogens is 250 g/mol. The topological polar surface area (TPSA) is 35.6 Å². The van der Waals surface area contributed by atoms with Gasteiger partial charge in [0.1, 0.15) is 0 Å². The number of piperidine rings is 3. The fourth-order valence-electron chi connectivity index (χ4n) is 4.32. The van der Waals surface area contributed by atoms with Crippen LogP contribution in [0.25, 0.3) is 0 Å². The molecule has 0 radical (unpaired) electrons. The van der Waals surface area contributed by atoms with Crippen molar-refractivity contribution in [3.63, 3.8) is 0 Å². The van der Waals surface area contributed by atoms with Crippen LogP contribution < -0.4 is 5.32 Å². The van der Waals surface area contributed by atoms with Gasteiger partial charge in [-0.3, -0.25) is 10.1 Å². The second kappa shape index (κ2) is 5.64. The third-order valence-corrected chi connectivity index (χ3v) is 5.35. The highest BCUT2D eigenvalue weighted by atomic mass is 16.2. The molecule has 4 saturated heterocycles. The Labute approximate surface area is 122 Å². The van der Waals surface area contributed by atoms with Gasteiger partial charge < -0.3 is 9.80 Å². The molecule has 0 spiro atoms. The largest absolute Gasteiger partial charge is 0.321 e. The van der Waals surface area contributed by atoms with E-state index in [9.17, 15) is 4.79 Å². The summed E-state index contributed by atoms with van der Waals surface area (Å²) in [5.74, 6) is 1.67. The summed E-state index contributed by atoms with van der Waals surface area (Å²) in [5, 5.41) is 3.59. The van der Waals surface area contributed by atoms with Crippen LogP contribution in [0.1, 0.15) is 46.5 Å². The average Bonchev–Trinajstić information content (AvgIpc) is 2.76. The lowest BCUT2D eigenvalue weighted by Gasteiger charge is -2.49. The normalized spacial score (nSPS) is 40.9. The number of nitrogens with one attached hydrogen (secondary N) is 1. The first-order valence-corrected chi connectivity index (χ1v) is 8.40. The molecule has 20 heavy (non-hydrogen) atoms. The first kappa shape index (κ1) is 14.3. The maximum atomic E-state index is 12.8. The lowest BCUT2D eigenvalue weighted by molar-refractivity contribution is -0.137. The molecule has 0 aromatic heterocycles. The number of carbonyl (C=O) groups excluding carboxylic acids is 1. The molecule has 4 heterocycles. The van der Waals surface area contributed by atoms with Crippen molar-refractivity contribution in [2.75, 3.05) is 19.6 Å². The smallest absolute Gasteiger partial charge is 0.241 e. The fourth-order valence-corrected chi connectivity index (χ4v) is 4.32. The van der Waals surface area contributed by atoms with Crippen molar-refractivity contribution in [1.82, 2.24) is 15.1 Å². The van der Waals surface area contributed by atoms with Crippen LogP contribution in [0.5, 0.6) is 0 Å². The van der Waals surface area contributed by atoms with E-state index in [1.165, 1.54) is 25.9 Å². The molecule has 4 aliphatic heterocycles. The van der Waals surface area contributed by atoms with Crippen molar-refractivity contribution >= 4 is 5.91 Å². The molecule has 114 valence electrons. The van der Waals surface area contributed by atoms with Gasteiger partial charge in [-0.25, -0.2) is 0 Å². The highest BCUT2D eigenvalue weighted by Gasteiger charge is 2.47. The molecule has 3 unspecified atom stereocenters. The summed E-state index contributed by atoms with van der Waals surface area (Å²) in [6, 6.07) is 0.509. The number of nitrogens with zero attached hydrogens (tertiary/aromatic N) is 2. The third-order valence-electron chi connectivity index (χ3n) is 5.35. The van der Waals surface area contributed by atoms with Crippen LogP contribution in [0.4, 0.5) is 0 Å². The molecule has 4 fully saturated rings. The number of carbonyl (C=O) groups is 1. The van der Waals surface area contributed by atoms with Crippen LogP contribution in [0.3, 0.4) is 0 Å². The van der Waals surface area contributed by atoms with Gasteiger partial charge in [0.15, 0.2) is 0 Å². The minimum Gasteiger partial charge on any atom is -0.321 e. The first-order chi connectivity index (χ1) is 9.60. The molecule has 4 heteroatoms. The summed E-state index contributed by atoms with van der Waals surface area (Å²) in [6.45, 7) is 10.2. The summed E-state index contributed by atoms with van der Waals surface area (Å²) < 4.78 is 0. The molecule has 2 bridgehead atoms. The van der Waals surface area contributed by atoms with Gasteiger partial charge in [-0.05, 0) is 50.6 Å². The Morgan fingerprint density at radius 1 is 1.30 bits per heavy atom. The van der Waals surface area contributed by atoms with Crippen LogP contribution in [-0.2, 0) is 4.79 Å². The van der Waals surface area contributed by atoms with Crippen LogP contribution in [0, 0.1) is 11.8 Å². The number of fused-ring (bicyclic) bond motifs is 3. The second-order valence-corrected chi connectivity index (χ2v) is 7.22. The van der Waals surface area contributed by atoms with Crippen LogP contribution >= 0.6 is 0 Å². The van der Waals surface area contributed by atoms with Crippen molar-refractivity contribution in [2.24, 2.45) is 11.8 Å². The molecule has 3 atom stereocenters. The Bertz CT molecular complexity index is 363. The van der Waals surface area contributed by atoms with E-state index >= 15 is 0 Å². The fraction of sp³-hybridized carbons (Fsp3) is 0.938. The standard InChI is InChI=1S/C16H29N3O/c1-4-15-17-13(9-11(2)3)16(20)19(15)14-10-18-7-5-12(14)6-8-18/h11-15,17H,4-10H2,1-3H3. The van der Waals surface area contributed by atoms with E-state index in [1.807, 2.05) is 0 Å². The number of rotatable bonds is 4. The molecule has 0 aromatic carbocycles. The molecule has 4 nitrogen and oxygen atoms in total. The van der Waals surface area contributed by atoms with E-state index in [-0.39, 0.29) is 12.2 Å². The molecule has 0 aromatic rings. The van der Waals surface area contributed by atoms with Crippen molar-refractivity contribution in [3.05, 3.63) is 0 Å². The van der Waals surface area contributed by atoms with Crippen LogP contribution in [-0.4, -0.2) is 53.6 Å². The van der Waals surface area contributed by atoms with E-state index in [1.54, 1.807) is 0 Å². The van der Waals surface area contributed by atoms with Crippen LogP contribution in [0.15, 0.2) is 0 Å². The lowest BCUT2D eigenvalue weighted by atomic mass is 9.83. The molecule has 4 rings (SSSR count). The quantitative estimate of drug-likeness (QED) is 0.850. The van der Waals surface area contributed by atoms with E-state index in [0.717, 1.165) is 25.3 Å². The molecule has 4 aliphatic rings. The zero-order chi connectivity index (χ0) is 14.3. The van der Waals surface area contributed by atoms with Crippen molar-refractivity contribution in [1.29, 1.82) is 0 Å². The Hall–Kier alpha value is -0.610. The first-order valence-electron chi connectivity index (χ1n) is 8.40. The van der Waals surface area contributed by atoms with Crippen molar-refractivity contribution < 1.29 is 4.79 Å². The predicted octanol–water partition coefficient (Wildman–Crippen LogP) is 1.66. The van der Waals surface area contributed by atoms with Gasteiger partial charge in [-0.2, -0.15) is 0 Å². The van der Waals surface area contributed by atoms with E-state index in [2.05, 4.69) is 35.9 Å². The molecule has 0 aliphatic carbocycles. The molecule has 1 N–H and O–H groups in total. The van der Waals surface area contributed by atoms with E-state index < -0.39 is 0 Å². The second-order valence-electron chi connectivity index (χ2n) is 7.22. The van der Waals surface area contributed by atoms with Gasteiger partial charge in [0.2, 0.25) is 5.91 Å². The van der Waals surface area contributed by atoms with Gasteiger partial charge in [0.05, 0.1) is 12.2 Å². The van der Waals surface area contributed by atoms with Gasteiger partial charge in [-0.1, -0.05) is 20.8 Å². The average molecular weight is 279 g/mol. The number of hydrogen-bond acceptors (Lipinski definition) is 3. The summed E-state index contributed by atoms with van der Waals surface area (Å²) in [6.07, 6.45) is 4.80. The predicted molar refractivity (Wildman–Crippen MR) is 80.3 cm³/mol. The third kappa shape index (κ3) is 2.48. The lowest BCUT2D eigenvalue weighted by Crippen LogP contribution is -2.60. The van der Waals surface area contributed by atoms with E-state index in [0.29, 0.717) is 17.9 Å². The molecular formula is C16H29N3O. The summed E-state index contributed by atoms with van der Waals surface area (Å²) in [7, 11) is 0. The summed E-state index contributed by atoms with van der Waals surface area (Å²) in [5.41, 5.74) is 0. The Balaban J connectivity index is 1.75. The zero-order valence-corrected chi connectivity index (χ0v) is 13.1. The molecule has 1 amide bonds. The highest BCUT2D eigenvalue weighted by molar-refractivity contribution is 5.84. The Morgan fingerprint density at radius 3 is 2.50 bits per heavy atom. The van der Waals surface area contributed by atoms with Gasteiger partial charge in [-0.15, -0.1) is 0 Å². The molecule has 0 saturated carbocycles. The maximum Gasteiger partial charge on any atom is 0.241 e. The van der Waals surface area contributed by atoms with Gasteiger partial charge >= 0.3 is 0 Å². The number of hydrogen-bond donors (Lipinski definition) is 1. The van der Waals surface area contributed by atoms with Crippen molar-refractivity contribution in [3.8, 4) is 0 Å². The minimum absolute atomic E-state index is 0.0513. The highest BCUT2D eigenvalue weighted by Crippen LogP contribution is 2.34. The van der Waals surface area contributed by atoms with Gasteiger partial charge in [0.25, 0.3) is 0 Å². The van der Waals surface area contributed by atoms with Crippen LogP contribution in [0.2, 0.25) is 0 Å². The summed E-state index contributed by atoms with van der Waals surface area (Å²) >= 11 is 0. The number of amides is 1. The monoisotopic (exact) mass is 279 g/mol. The Kier molecular flexibility index (Phi) is 4.04. The maximum absolute atomic E-state index is 12.8. The Morgan fingerprint density at radius 2 is 2.00 bits per heavy atom. The summed E-state index contributed by atoms with van der Waals surface area (Å²) in [4.78, 5) is 17.6. The van der Waals surface area contributed by atoms with E-state index in [4.69, 9.17) is 0 Å². The van der Waals surface area contributed by atoms with Gasteiger partial charge in [0, 0.05) is 12.6 Å². The SMILES string of the molecule is CCC1NC(CC(C)C)C(=O)N1C1CN2CCC1CC2. The van der Waals surface area contributed by atoms with Crippen molar-refractivity contribution in [2.45, 2.75) is 64.7 Å². The zero-order valence-electron chi connectivity index (χ0n) is 13.1. The minimum atomic E-state index is 0.0513.